The SMILES string of the molecule is Clc1cccc(C2(CN=C(NCCc3ccco3)NCC3CCOC3)CC2)c1.I. The number of nitrogens with one attached hydrogen (secondary N) is 2. The summed E-state index contributed by atoms with van der Waals surface area (Å²) in [5.74, 6) is 2.40. The highest BCUT2D eigenvalue weighted by Gasteiger charge is 2.44. The maximum atomic E-state index is 6.20. The number of hydrogen-bond donors (Lipinski definition) is 2. The van der Waals surface area contributed by atoms with E-state index in [0.717, 1.165) is 75.3 Å². The van der Waals surface area contributed by atoms with Gasteiger partial charge in [0.15, 0.2) is 5.96 Å². The predicted molar refractivity (Wildman–Crippen MR) is 127 cm³/mol. The van der Waals surface area contributed by atoms with Crippen LogP contribution in [0, 0.1) is 5.92 Å². The van der Waals surface area contributed by atoms with Crippen molar-refractivity contribution in [1.29, 1.82) is 0 Å². The lowest BCUT2D eigenvalue weighted by molar-refractivity contribution is 0.186. The Hall–Kier alpha value is -1.25. The van der Waals surface area contributed by atoms with Gasteiger partial charge in [-0.1, -0.05) is 23.7 Å². The van der Waals surface area contributed by atoms with Crippen LogP contribution in [0.15, 0.2) is 52.1 Å². The fourth-order valence-corrected chi connectivity index (χ4v) is 3.85. The summed E-state index contributed by atoms with van der Waals surface area (Å²) in [5, 5.41) is 7.76. The van der Waals surface area contributed by atoms with Crippen LogP contribution >= 0.6 is 35.6 Å². The molecule has 1 aromatic carbocycles. The van der Waals surface area contributed by atoms with Crippen molar-refractivity contribution in [3.63, 3.8) is 0 Å². The van der Waals surface area contributed by atoms with Gasteiger partial charge in [-0.3, -0.25) is 4.99 Å². The molecule has 2 aromatic rings. The van der Waals surface area contributed by atoms with Gasteiger partial charge in [0.2, 0.25) is 0 Å². The van der Waals surface area contributed by atoms with E-state index in [2.05, 4.69) is 22.8 Å². The number of rotatable bonds is 8. The lowest BCUT2D eigenvalue weighted by Crippen LogP contribution is -2.41. The molecule has 2 aliphatic rings. The van der Waals surface area contributed by atoms with Gasteiger partial charge in [0, 0.05) is 42.5 Å². The van der Waals surface area contributed by atoms with Crippen molar-refractivity contribution < 1.29 is 9.15 Å². The molecule has 7 heteroatoms. The first-order chi connectivity index (χ1) is 13.7. The van der Waals surface area contributed by atoms with Crippen molar-refractivity contribution >= 4 is 41.5 Å². The van der Waals surface area contributed by atoms with Gasteiger partial charge in [-0.15, -0.1) is 24.0 Å². The van der Waals surface area contributed by atoms with Gasteiger partial charge in [0.25, 0.3) is 0 Å². The van der Waals surface area contributed by atoms with E-state index in [9.17, 15) is 0 Å². The number of hydrogen-bond acceptors (Lipinski definition) is 3. The Morgan fingerprint density at radius 1 is 1.21 bits per heavy atom. The first-order valence-corrected chi connectivity index (χ1v) is 10.5. The van der Waals surface area contributed by atoms with Crippen LogP contribution in [0.3, 0.4) is 0 Å². The molecule has 1 atom stereocenters. The van der Waals surface area contributed by atoms with Crippen LogP contribution in [0.1, 0.15) is 30.6 Å². The Bertz CT molecular complexity index is 787. The van der Waals surface area contributed by atoms with E-state index in [1.807, 2.05) is 24.3 Å². The second kappa shape index (κ2) is 10.7. The van der Waals surface area contributed by atoms with Crippen LogP contribution in [0.4, 0.5) is 0 Å². The summed E-state index contributed by atoms with van der Waals surface area (Å²) in [5.41, 5.74) is 1.43. The molecule has 2 fully saturated rings. The number of aliphatic imine (C=N–C) groups is 1. The Labute approximate surface area is 194 Å². The topological polar surface area (TPSA) is 58.8 Å². The highest BCUT2D eigenvalue weighted by atomic mass is 127. The number of nitrogens with zero attached hydrogens (tertiary/aromatic N) is 1. The van der Waals surface area contributed by atoms with Crippen LogP contribution in [0.2, 0.25) is 5.02 Å². The monoisotopic (exact) mass is 529 g/mol. The molecule has 1 aliphatic heterocycles. The van der Waals surface area contributed by atoms with Crippen molar-refractivity contribution in [2.45, 2.75) is 31.1 Å². The van der Waals surface area contributed by atoms with Gasteiger partial charge in [-0.25, -0.2) is 0 Å². The second-order valence-corrected chi connectivity index (χ2v) is 8.26. The molecule has 1 aliphatic carbocycles. The van der Waals surface area contributed by atoms with Crippen molar-refractivity contribution in [2.24, 2.45) is 10.9 Å². The lowest BCUT2D eigenvalue weighted by atomic mass is 9.96. The predicted octanol–water partition coefficient (Wildman–Crippen LogP) is 4.40. The molecule has 2 heterocycles. The van der Waals surface area contributed by atoms with E-state index < -0.39 is 0 Å². The van der Waals surface area contributed by atoms with Crippen molar-refractivity contribution in [3.8, 4) is 0 Å². The van der Waals surface area contributed by atoms with E-state index in [4.69, 9.17) is 25.7 Å². The molecule has 0 bridgehead atoms. The molecule has 5 nitrogen and oxygen atoms in total. The summed E-state index contributed by atoms with van der Waals surface area (Å²) >= 11 is 6.20. The summed E-state index contributed by atoms with van der Waals surface area (Å²) in [6.07, 6.45) is 5.98. The molecule has 0 amide bonds. The van der Waals surface area contributed by atoms with Crippen LogP contribution < -0.4 is 10.6 Å². The Morgan fingerprint density at radius 3 is 2.79 bits per heavy atom. The van der Waals surface area contributed by atoms with Crippen molar-refractivity contribution in [1.82, 2.24) is 10.6 Å². The maximum absolute atomic E-state index is 6.20. The molecule has 29 heavy (non-hydrogen) atoms. The van der Waals surface area contributed by atoms with E-state index in [0.29, 0.717) is 5.92 Å². The minimum absolute atomic E-state index is 0. The standard InChI is InChI=1S/C22H28ClN3O2.HI/c23-19-4-1-3-18(13-19)22(8-9-22)16-26-21(25-14-17-7-12-27-15-17)24-10-6-20-5-2-11-28-20;/h1-5,11,13,17H,6-10,12,14-16H2,(H2,24,25,26);1H. The first kappa shape index (κ1) is 22.4. The molecule has 1 unspecified atom stereocenters. The molecule has 4 rings (SSSR count). The fourth-order valence-electron chi connectivity index (χ4n) is 3.66. The number of halogens is 2. The minimum atomic E-state index is 0. The highest BCUT2D eigenvalue weighted by Crippen LogP contribution is 2.48. The lowest BCUT2D eigenvalue weighted by Gasteiger charge is -2.18. The largest absolute Gasteiger partial charge is 0.469 e. The van der Waals surface area contributed by atoms with Crippen LogP contribution in [-0.2, 0) is 16.6 Å². The number of furan rings is 1. The van der Waals surface area contributed by atoms with E-state index >= 15 is 0 Å². The summed E-state index contributed by atoms with van der Waals surface area (Å²) in [6, 6.07) is 12.1. The number of benzene rings is 1. The molecular weight excluding hydrogens is 501 g/mol. The average molecular weight is 530 g/mol. The molecule has 1 saturated heterocycles. The fraction of sp³-hybridized carbons (Fsp3) is 0.500. The quantitative estimate of drug-likeness (QED) is 0.302. The van der Waals surface area contributed by atoms with Crippen LogP contribution in [0.25, 0.3) is 0 Å². The van der Waals surface area contributed by atoms with Crippen LogP contribution in [-0.4, -0.2) is 38.8 Å². The summed E-state index contributed by atoms with van der Waals surface area (Å²) < 4.78 is 10.9. The minimum Gasteiger partial charge on any atom is -0.469 e. The molecule has 1 saturated carbocycles. The third kappa shape index (κ3) is 6.36. The second-order valence-electron chi connectivity index (χ2n) is 7.82. The van der Waals surface area contributed by atoms with Gasteiger partial charge in [0.05, 0.1) is 19.4 Å². The van der Waals surface area contributed by atoms with Gasteiger partial charge < -0.3 is 19.8 Å². The third-order valence-electron chi connectivity index (χ3n) is 5.66. The van der Waals surface area contributed by atoms with E-state index in [-0.39, 0.29) is 29.4 Å². The Balaban J connectivity index is 0.00000240. The third-order valence-corrected chi connectivity index (χ3v) is 5.89. The van der Waals surface area contributed by atoms with Gasteiger partial charge in [-0.05, 0) is 49.1 Å². The summed E-state index contributed by atoms with van der Waals surface area (Å²) in [6.45, 7) is 4.13. The Kier molecular flexibility index (Phi) is 8.26. The molecule has 0 spiro atoms. The normalized spacial score (nSPS) is 20.2. The smallest absolute Gasteiger partial charge is 0.191 e. The molecule has 0 radical (unpaired) electrons. The van der Waals surface area contributed by atoms with Gasteiger partial charge in [0.1, 0.15) is 5.76 Å². The van der Waals surface area contributed by atoms with Gasteiger partial charge >= 0.3 is 0 Å². The Morgan fingerprint density at radius 2 is 2.10 bits per heavy atom. The summed E-state index contributed by atoms with van der Waals surface area (Å²) in [7, 11) is 0. The van der Waals surface area contributed by atoms with Crippen LogP contribution in [0.5, 0.6) is 0 Å². The van der Waals surface area contributed by atoms with Crippen molar-refractivity contribution in [2.75, 3.05) is 32.8 Å². The number of guanidine groups is 1. The molecule has 2 N–H and O–H groups in total. The van der Waals surface area contributed by atoms with Crippen molar-refractivity contribution in [3.05, 3.63) is 59.0 Å². The molecule has 158 valence electrons. The zero-order valence-corrected chi connectivity index (χ0v) is 19.6. The first-order valence-electron chi connectivity index (χ1n) is 10.1. The van der Waals surface area contributed by atoms with Gasteiger partial charge in [-0.2, -0.15) is 0 Å². The van der Waals surface area contributed by atoms with E-state index in [1.165, 1.54) is 5.56 Å². The number of ether oxygens (including phenoxy) is 1. The maximum Gasteiger partial charge on any atom is 0.191 e. The van der Waals surface area contributed by atoms with E-state index in [1.54, 1.807) is 6.26 Å². The zero-order chi connectivity index (χ0) is 19.2. The highest BCUT2D eigenvalue weighted by molar-refractivity contribution is 14.0. The summed E-state index contributed by atoms with van der Waals surface area (Å²) in [4.78, 5) is 4.92. The molecular formula is C22H29ClIN3O2. The molecule has 1 aromatic heterocycles. The zero-order valence-electron chi connectivity index (χ0n) is 16.5. The average Bonchev–Trinajstić information content (AvgIpc) is 3.09.